The number of carbonyl (C=O) groups excluding carboxylic acids is 3. The Kier molecular flexibility index (Phi) is 8.14. The van der Waals surface area contributed by atoms with Gasteiger partial charge < -0.3 is 33.7 Å². The highest BCUT2D eigenvalue weighted by Gasteiger charge is 2.25. The van der Waals surface area contributed by atoms with Crippen molar-refractivity contribution in [3.63, 3.8) is 0 Å². The number of hydrogen-bond acceptors (Lipinski definition) is 10. The molecule has 0 radical (unpaired) electrons. The molecular weight excluding hydrogens is 502 g/mol. The number of benzene rings is 2. The van der Waals surface area contributed by atoms with Crippen molar-refractivity contribution in [1.29, 1.82) is 0 Å². The van der Waals surface area contributed by atoms with Gasteiger partial charge in [-0.1, -0.05) is 6.07 Å². The van der Waals surface area contributed by atoms with E-state index in [0.717, 1.165) is 16.0 Å². The standard InChI is InChI=1S/C26H25NO9S/c1-15-19(10-16-4-9-20-21(11-16)36-14-35-20)24(26(30)32-3)25(37-15)27-22(28)12-34-23(29)13-33-18-7-5-17(31-2)6-8-18/h4-9,11H,10,12-14H2,1-3H3,(H,27,28). The number of hydrogen-bond donors (Lipinski definition) is 1. The summed E-state index contributed by atoms with van der Waals surface area (Å²) < 4.78 is 31.2. The van der Waals surface area contributed by atoms with Crippen molar-refractivity contribution in [2.24, 2.45) is 0 Å². The largest absolute Gasteiger partial charge is 0.497 e. The Labute approximate surface area is 217 Å². The maximum absolute atomic E-state index is 12.6. The van der Waals surface area contributed by atoms with E-state index in [9.17, 15) is 14.4 Å². The van der Waals surface area contributed by atoms with E-state index in [1.54, 1.807) is 31.4 Å². The zero-order valence-electron chi connectivity index (χ0n) is 20.5. The van der Waals surface area contributed by atoms with Gasteiger partial charge in [0.25, 0.3) is 5.91 Å². The molecule has 1 aliphatic rings. The molecule has 11 heteroatoms. The van der Waals surface area contributed by atoms with Gasteiger partial charge in [-0.2, -0.15) is 0 Å². The number of thiophene rings is 1. The van der Waals surface area contributed by atoms with Crippen LogP contribution in [0.3, 0.4) is 0 Å². The molecule has 1 aromatic heterocycles. The Balaban J connectivity index is 1.37. The molecule has 0 spiro atoms. The van der Waals surface area contributed by atoms with Gasteiger partial charge in [0.15, 0.2) is 24.7 Å². The van der Waals surface area contributed by atoms with E-state index in [0.29, 0.717) is 34.4 Å². The number of fused-ring (bicyclic) bond motifs is 1. The predicted molar refractivity (Wildman–Crippen MR) is 134 cm³/mol. The van der Waals surface area contributed by atoms with Gasteiger partial charge >= 0.3 is 11.9 Å². The molecule has 2 aromatic carbocycles. The second kappa shape index (κ2) is 11.7. The highest BCUT2D eigenvalue weighted by molar-refractivity contribution is 7.16. The Bertz CT molecular complexity index is 1300. The average Bonchev–Trinajstić information content (AvgIpc) is 3.49. The summed E-state index contributed by atoms with van der Waals surface area (Å²) in [7, 11) is 2.82. The number of rotatable bonds is 10. The first kappa shape index (κ1) is 25.8. The lowest BCUT2D eigenvalue weighted by Crippen LogP contribution is -2.24. The highest BCUT2D eigenvalue weighted by atomic mass is 32.1. The van der Waals surface area contributed by atoms with Crippen LogP contribution in [-0.2, 0) is 25.5 Å². The molecule has 194 valence electrons. The Morgan fingerprint density at radius 1 is 0.973 bits per heavy atom. The Hall–Kier alpha value is -4.25. The van der Waals surface area contributed by atoms with Gasteiger partial charge in [0.05, 0.1) is 19.8 Å². The smallest absolute Gasteiger partial charge is 0.344 e. The fourth-order valence-corrected chi connectivity index (χ4v) is 4.69. The minimum atomic E-state index is -0.718. The zero-order valence-corrected chi connectivity index (χ0v) is 21.3. The van der Waals surface area contributed by atoms with Crippen LogP contribution >= 0.6 is 11.3 Å². The van der Waals surface area contributed by atoms with E-state index >= 15 is 0 Å². The van der Waals surface area contributed by atoms with E-state index in [1.165, 1.54) is 18.4 Å². The number of ether oxygens (including phenoxy) is 6. The Morgan fingerprint density at radius 2 is 1.70 bits per heavy atom. The molecule has 2 heterocycles. The van der Waals surface area contributed by atoms with E-state index in [4.69, 9.17) is 28.4 Å². The topological polar surface area (TPSA) is 119 Å². The molecule has 0 saturated carbocycles. The molecule has 0 saturated heterocycles. The number of nitrogens with one attached hydrogen (secondary N) is 1. The van der Waals surface area contributed by atoms with Gasteiger partial charge in [-0.25, -0.2) is 9.59 Å². The SMILES string of the molecule is COC(=O)c1c(NC(=O)COC(=O)COc2ccc(OC)cc2)sc(C)c1Cc1ccc2c(c1)OCO2. The summed E-state index contributed by atoms with van der Waals surface area (Å²) in [5.74, 6) is 0.506. The minimum Gasteiger partial charge on any atom is -0.497 e. The van der Waals surface area contributed by atoms with E-state index in [-0.39, 0.29) is 19.0 Å². The van der Waals surface area contributed by atoms with E-state index in [2.05, 4.69) is 5.32 Å². The molecule has 10 nitrogen and oxygen atoms in total. The average molecular weight is 528 g/mol. The summed E-state index contributed by atoms with van der Waals surface area (Å²) in [6.07, 6.45) is 0.414. The lowest BCUT2D eigenvalue weighted by atomic mass is 10.0. The number of aryl methyl sites for hydroxylation is 1. The minimum absolute atomic E-state index is 0.165. The van der Waals surface area contributed by atoms with Crippen LogP contribution in [0.4, 0.5) is 5.00 Å². The van der Waals surface area contributed by atoms with Gasteiger partial charge in [-0.15, -0.1) is 11.3 Å². The number of carbonyl (C=O) groups is 3. The summed E-state index contributed by atoms with van der Waals surface area (Å²) in [5, 5.41) is 2.97. The van der Waals surface area contributed by atoms with Gasteiger partial charge in [-0.3, -0.25) is 4.79 Å². The molecule has 0 atom stereocenters. The maximum atomic E-state index is 12.6. The molecular formula is C26H25NO9S. The summed E-state index contributed by atoms with van der Waals surface area (Å²) >= 11 is 1.24. The third kappa shape index (κ3) is 6.31. The molecule has 37 heavy (non-hydrogen) atoms. The summed E-state index contributed by atoms with van der Waals surface area (Å²) in [5.41, 5.74) is 1.88. The molecule has 0 bridgehead atoms. The molecule has 3 aromatic rings. The fourth-order valence-electron chi connectivity index (χ4n) is 3.62. The maximum Gasteiger partial charge on any atom is 0.344 e. The van der Waals surface area contributed by atoms with Crippen molar-refractivity contribution in [2.75, 3.05) is 39.5 Å². The Morgan fingerprint density at radius 3 is 2.43 bits per heavy atom. The van der Waals surface area contributed by atoms with Crippen molar-refractivity contribution >= 4 is 34.2 Å². The normalized spacial score (nSPS) is 11.5. The summed E-state index contributed by atoms with van der Waals surface area (Å²) in [6, 6.07) is 12.2. The fraction of sp³-hybridized carbons (Fsp3) is 0.269. The molecule has 0 fully saturated rings. The lowest BCUT2D eigenvalue weighted by molar-refractivity contribution is -0.149. The zero-order chi connectivity index (χ0) is 26.4. The molecule has 1 aliphatic heterocycles. The van der Waals surface area contributed by atoms with Crippen molar-refractivity contribution in [3.05, 3.63) is 64.0 Å². The first-order valence-electron chi connectivity index (χ1n) is 11.2. The van der Waals surface area contributed by atoms with Crippen molar-refractivity contribution in [1.82, 2.24) is 0 Å². The van der Waals surface area contributed by atoms with Crippen LogP contribution in [0.2, 0.25) is 0 Å². The lowest BCUT2D eigenvalue weighted by Gasteiger charge is -2.10. The van der Waals surface area contributed by atoms with E-state index < -0.39 is 24.5 Å². The van der Waals surface area contributed by atoms with Crippen LogP contribution in [0.1, 0.15) is 26.4 Å². The van der Waals surface area contributed by atoms with Crippen molar-refractivity contribution in [2.45, 2.75) is 13.3 Å². The predicted octanol–water partition coefficient (Wildman–Crippen LogP) is 3.73. The molecule has 0 unspecified atom stereocenters. The first-order valence-corrected chi connectivity index (χ1v) is 12.0. The highest BCUT2D eigenvalue weighted by Crippen LogP contribution is 2.37. The molecule has 4 rings (SSSR count). The second-order valence-corrected chi connectivity index (χ2v) is 9.09. The number of methoxy groups -OCH3 is 2. The summed E-state index contributed by atoms with van der Waals surface area (Å²) in [6.45, 7) is 1.11. The quantitative estimate of drug-likeness (QED) is 0.393. The van der Waals surface area contributed by atoms with Gasteiger partial charge in [0.1, 0.15) is 16.5 Å². The number of esters is 2. The third-order valence-electron chi connectivity index (χ3n) is 5.45. The van der Waals surface area contributed by atoms with Crippen molar-refractivity contribution in [3.8, 4) is 23.0 Å². The number of anilines is 1. The van der Waals surface area contributed by atoms with Crippen LogP contribution in [0.5, 0.6) is 23.0 Å². The molecule has 1 amide bonds. The second-order valence-electron chi connectivity index (χ2n) is 7.87. The van der Waals surface area contributed by atoms with Crippen LogP contribution in [0, 0.1) is 6.92 Å². The first-order chi connectivity index (χ1) is 17.9. The monoisotopic (exact) mass is 527 g/mol. The van der Waals surface area contributed by atoms with Crippen molar-refractivity contribution < 1.29 is 42.8 Å². The van der Waals surface area contributed by atoms with Gasteiger partial charge in [0.2, 0.25) is 6.79 Å². The van der Waals surface area contributed by atoms with Crippen LogP contribution < -0.4 is 24.3 Å². The van der Waals surface area contributed by atoms with Crippen LogP contribution in [0.25, 0.3) is 0 Å². The summed E-state index contributed by atoms with van der Waals surface area (Å²) in [4.78, 5) is 38.0. The third-order valence-corrected chi connectivity index (χ3v) is 6.51. The molecule has 0 aliphatic carbocycles. The van der Waals surface area contributed by atoms with Gasteiger partial charge in [-0.05, 0) is 60.9 Å². The van der Waals surface area contributed by atoms with E-state index in [1.807, 2.05) is 25.1 Å². The number of amides is 1. The van der Waals surface area contributed by atoms with Crippen LogP contribution in [-0.4, -0.2) is 52.1 Å². The van der Waals surface area contributed by atoms with Gasteiger partial charge in [0, 0.05) is 4.88 Å². The van der Waals surface area contributed by atoms with Crippen LogP contribution in [0.15, 0.2) is 42.5 Å². The molecule has 1 N–H and O–H groups in total.